The summed E-state index contributed by atoms with van der Waals surface area (Å²) in [5.41, 5.74) is 0. The molecule has 0 saturated heterocycles. The van der Waals surface area contributed by atoms with Crippen LogP contribution in [-0.4, -0.2) is 79.1 Å². The topological polar surface area (TPSA) is 193 Å². The van der Waals surface area contributed by atoms with Crippen molar-refractivity contribution in [1.29, 1.82) is 0 Å². The monoisotopic (exact) mass is 969 g/mol. The quantitative estimate of drug-likeness (QED) is 0.0228. The van der Waals surface area contributed by atoms with Crippen LogP contribution in [0.4, 0.5) is 0 Å². The molecule has 0 saturated carbocycles. The molecule has 0 aromatic carbocycles. The van der Waals surface area contributed by atoms with E-state index >= 15 is 0 Å². The highest BCUT2D eigenvalue weighted by molar-refractivity contribution is 5.67. The Kier molecular flexibility index (Phi) is 70.5. The molecule has 0 unspecified atom stereocenters. The Bertz CT molecular complexity index is 948. The first-order valence-electron chi connectivity index (χ1n) is 28.2. The summed E-state index contributed by atoms with van der Waals surface area (Å²) in [5.74, 6) is -1.99. The summed E-state index contributed by atoms with van der Waals surface area (Å²) in [6.07, 6.45) is 61.3. The Morgan fingerprint density at radius 2 is 0.456 bits per heavy atom. The number of unbranched alkanes of at least 4 members (excludes halogenated alkanes) is 33. The van der Waals surface area contributed by atoms with Gasteiger partial charge in [0.2, 0.25) is 0 Å². The molecule has 10 nitrogen and oxygen atoms in total. The summed E-state index contributed by atoms with van der Waals surface area (Å²) < 4.78 is 0. The van der Waals surface area contributed by atoms with Crippen LogP contribution in [0.3, 0.4) is 0 Å². The molecule has 0 rings (SSSR count). The van der Waals surface area contributed by atoms with Gasteiger partial charge in [-0.05, 0) is 96.3 Å². The number of carboxylic acids is 3. The van der Waals surface area contributed by atoms with Crippen molar-refractivity contribution in [3.63, 3.8) is 0 Å². The number of carbonyl (C=O) groups is 3. The van der Waals surface area contributed by atoms with Gasteiger partial charge in [-0.25, -0.2) is 0 Å². The fourth-order valence-corrected chi connectivity index (χ4v) is 7.28. The van der Waals surface area contributed by atoms with Gasteiger partial charge in [0, 0.05) is 19.3 Å². The van der Waals surface area contributed by atoms with Gasteiger partial charge in [0.15, 0.2) is 0 Å². The normalized spacial score (nSPS) is 12.0. The first kappa shape index (κ1) is 72.0. The molecule has 7 N–H and O–H groups in total. The van der Waals surface area contributed by atoms with E-state index in [0.29, 0.717) is 19.3 Å². The van der Waals surface area contributed by atoms with Crippen molar-refractivity contribution >= 4 is 17.9 Å². The van der Waals surface area contributed by atoms with Crippen LogP contribution in [-0.2, 0) is 14.4 Å². The van der Waals surface area contributed by atoms with Crippen LogP contribution in [0.5, 0.6) is 0 Å². The maximum Gasteiger partial charge on any atom is 0.303 e. The Hall–Kier alpha value is -2.53. The van der Waals surface area contributed by atoms with Crippen molar-refractivity contribution in [2.24, 2.45) is 0 Å². The smallest absolute Gasteiger partial charge is 0.303 e. The van der Waals surface area contributed by atoms with Crippen LogP contribution in [0.15, 0.2) is 36.5 Å². The van der Waals surface area contributed by atoms with Crippen LogP contribution in [0.25, 0.3) is 0 Å². The second kappa shape index (κ2) is 66.6. The van der Waals surface area contributed by atoms with Crippen molar-refractivity contribution in [3.05, 3.63) is 36.5 Å². The average molecular weight is 970 g/mol. The lowest BCUT2D eigenvalue weighted by Gasteiger charge is -2.10. The van der Waals surface area contributed by atoms with Crippen molar-refractivity contribution < 1.29 is 50.1 Å². The average Bonchev–Trinajstić information content (AvgIpc) is 3.32. The zero-order chi connectivity index (χ0) is 51.2. The molecule has 0 aliphatic heterocycles. The molecule has 0 aliphatic rings. The van der Waals surface area contributed by atoms with E-state index in [0.717, 1.165) is 38.5 Å². The van der Waals surface area contributed by atoms with Crippen molar-refractivity contribution in [1.82, 2.24) is 0 Å². The van der Waals surface area contributed by atoms with E-state index in [1.165, 1.54) is 212 Å². The minimum atomic E-state index is -1.22. The molecule has 0 aromatic rings. The van der Waals surface area contributed by atoms with E-state index in [4.69, 9.17) is 35.7 Å². The molecule has 0 spiro atoms. The molecule has 0 heterocycles. The molecule has 0 bridgehead atoms. The first-order chi connectivity index (χ1) is 33.0. The van der Waals surface area contributed by atoms with Gasteiger partial charge in [-0.2, -0.15) is 0 Å². The largest absolute Gasteiger partial charge is 0.481 e. The van der Waals surface area contributed by atoms with Gasteiger partial charge in [0.1, 0.15) is 12.2 Å². The SMILES string of the molecule is CCCCCCCC/C=C\CCCCCCCC(=O)O.CCCCCCCC/C=C\CCCCCCCC(=O)O.CCCCCCCC/C=C\CCCCCCCC(=O)O.OC[C@@H](O)[C@@H](O)CO. The van der Waals surface area contributed by atoms with Crippen LogP contribution in [0.2, 0.25) is 0 Å². The minimum absolute atomic E-state index is 0.332. The number of aliphatic carboxylic acids is 3. The fraction of sp³-hybridized carbons (Fsp3) is 0.845. The van der Waals surface area contributed by atoms with E-state index in [1.807, 2.05) is 0 Å². The summed E-state index contributed by atoms with van der Waals surface area (Å²) >= 11 is 0. The lowest BCUT2D eigenvalue weighted by molar-refractivity contribution is -0.138. The third-order valence-electron chi connectivity index (χ3n) is 11.8. The van der Waals surface area contributed by atoms with E-state index in [2.05, 4.69) is 57.2 Å². The number of carboxylic acid groups (broad SMARTS) is 3. The summed E-state index contributed by atoms with van der Waals surface area (Å²) in [7, 11) is 0. The van der Waals surface area contributed by atoms with Crippen molar-refractivity contribution in [2.45, 2.75) is 303 Å². The lowest BCUT2D eigenvalue weighted by atomic mass is 10.1. The second-order valence-corrected chi connectivity index (χ2v) is 18.7. The Balaban J connectivity index is -0.000000417. The van der Waals surface area contributed by atoms with Gasteiger partial charge in [0.25, 0.3) is 0 Å². The maximum absolute atomic E-state index is 10.3. The molecular formula is C58H112O10. The first-order valence-corrected chi connectivity index (χ1v) is 28.2. The Labute approximate surface area is 419 Å². The number of hydrogen-bond donors (Lipinski definition) is 7. The molecule has 0 aliphatic carbocycles. The van der Waals surface area contributed by atoms with Crippen LogP contribution in [0.1, 0.15) is 290 Å². The highest BCUT2D eigenvalue weighted by Gasteiger charge is 2.12. The summed E-state index contributed by atoms with van der Waals surface area (Å²) in [5, 5.41) is 58.7. The highest BCUT2D eigenvalue weighted by Crippen LogP contribution is 2.13. The molecular weight excluding hydrogens is 857 g/mol. The van der Waals surface area contributed by atoms with Crippen LogP contribution < -0.4 is 0 Å². The molecule has 404 valence electrons. The predicted octanol–water partition coefficient (Wildman–Crippen LogP) is 16.0. The van der Waals surface area contributed by atoms with Gasteiger partial charge in [-0.3, -0.25) is 14.4 Å². The summed E-state index contributed by atoms with van der Waals surface area (Å²) in [6.45, 7) is 5.72. The molecule has 68 heavy (non-hydrogen) atoms. The van der Waals surface area contributed by atoms with E-state index in [9.17, 15) is 14.4 Å². The minimum Gasteiger partial charge on any atom is -0.481 e. The molecule has 0 aromatic heterocycles. The van der Waals surface area contributed by atoms with Gasteiger partial charge in [-0.15, -0.1) is 0 Å². The van der Waals surface area contributed by atoms with Crippen molar-refractivity contribution in [3.8, 4) is 0 Å². The number of hydrogen-bond acceptors (Lipinski definition) is 7. The van der Waals surface area contributed by atoms with Crippen LogP contribution in [0, 0.1) is 0 Å². The van der Waals surface area contributed by atoms with E-state index in [1.54, 1.807) is 0 Å². The number of allylic oxidation sites excluding steroid dienone is 6. The molecule has 10 heteroatoms. The molecule has 0 fully saturated rings. The zero-order valence-corrected chi connectivity index (χ0v) is 44.6. The summed E-state index contributed by atoms with van der Waals surface area (Å²) in [4.78, 5) is 31.0. The van der Waals surface area contributed by atoms with E-state index < -0.39 is 43.3 Å². The molecule has 0 radical (unpaired) electrons. The van der Waals surface area contributed by atoms with E-state index in [-0.39, 0.29) is 0 Å². The third-order valence-corrected chi connectivity index (χ3v) is 11.8. The maximum atomic E-state index is 10.3. The fourth-order valence-electron chi connectivity index (χ4n) is 7.28. The van der Waals surface area contributed by atoms with Gasteiger partial charge in [0.05, 0.1) is 13.2 Å². The number of rotatable bonds is 48. The zero-order valence-electron chi connectivity index (χ0n) is 44.6. The second-order valence-electron chi connectivity index (χ2n) is 18.7. The molecule has 0 amide bonds. The Morgan fingerprint density at radius 1 is 0.294 bits per heavy atom. The van der Waals surface area contributed by atoms with Gasteiger partial charge in [-0.1, -0.05) is 211 Å². The van der Waals surface area contributed by atoms with Gasteiger partial charge < -0.3 is 35.7 Å². The standard InChI is InChI=1S/3C18H34O2.C4H10O4/c3*1-2-3-4-5-6-7-8-9-10-11-12-13-14-15-16-17-18(19)20;5-1-3(7)4(8)2-6/h3*9-10H,2-8,11-17H2,1H3,(H,19,20);3-8H,1-2H2/b3*10-9-;/t;;;3-,4+. The lowest BCUT2D eigenvalue weighted by Crippen LogP contribution is -2.31. The highest BCUT2D eigenvalue weighted by atomic mass is 16.4. The van der Waals surface area contributed by atoms with Crippen LogP contribution >= 0.6 is 0 Å². The third kappa shape index (κ3) is 77.7. The van der Waals surface area contributed by atoms with Crippen molar-refractivity contribution in [2.75, 3.05) is 13.2 Å². The number of aliphatic hydroxyl groups excluding tert-OH is 4. The number of aliphatic hydroxyl groups is 4. The predicted molar refractivity (Wildman–Crippen MR) is 287 cm³/mol. The summed E-state index contributed by atoms with van der Waals surface area (Å²) in [6, 6.07) is 0. The van der Waals surface area contributed by atoms with Gasteiger partial charge >= 0.3 is 17.9 Å². The molecule has 2 atom stereocenters. The Morgan fingerprint density at radius 3 is 0.618 bits per heavy atom.